The van der Waals surface area contributed by atoms with Crippen LogP contribution < -0.4 is 11.3 Å². The van der Waals surface area contributed by atoms with Gasteiger partial charge in [-0.15, -0.1) is 5.10 Å². The van der Waals surface area contributed by atoms with Crippen molar-refractivity contribution in [2.24, 2.45) is 11.8 Å². The summed E-state index contributed by atoms with van der Waals surface area (Å²) in [5.74, 6) is 6.35. The topological polar surface area (TPSA) is 63.8 Å². The van der Waals surface area contributed by atoms with Gasteiger partial charge in [0.2, 0.25) is 0 Å². The highest BCUT2D eigenvalue weighted by atomic mass is 32.1. The van der Waals surface area contributed by atoms with E-state index in [0.29, 0.717) is 5.92 Å². The highest BCUT2D eigenvalue weighted by molar-refractivity contribution is 7.05. The van der Waals surface area contributed by atoms with Crippen LogP contribution in [0.4, 0.5) is 0 Å². The van der Waals surface area contributed by atoms with Crippen molar-refractivity contribution in [2.45, 2.75) is 51.5 Å². The van der Waals surface area contributed by atoms with Crippen molar-refractivity contribution in [3.05, 3.63) is 10.6 Å². The molecule has 1 aromatic heterocycles. The molecule has 1 fully saturated rings. The molecule has 0 spiro atoms. The highest BCUT2D eigenvalue weighted by Crippen LogP contribution is 2.41. The van der Waals surface area contributed by atoms with E-state index in [0.717, 1.165) is 5.69 Å². The van der Waals surface area contributed by atoms with Crippen LogP contribution in [0.1, 0.15) is 56.6 Å². The van der Waals surface area contributed by atoms with Crippen LogP contribution in [0.2, 0.25) is 0 Å². The zero-order valence-corrected chi connectivity index (χ0v) is 11.0. The summed E-state index contributed by atoms with van der Waals surface area (Å²) in [6, 6.07) is 0.239. The number of hydrogen-bond acceptors (Lipinski definition) is 5. The minimum atomic E-state index is 0.0428. The van der Waals surface area contributed by atoms with Crippen LogP contribution in [-0.4, -0.2) is 9.59 Å². The molecule has 2 rings (SSSR count). The lowest BCUT2D eigenvalue weighted by Gasteiger charge is -2.33. The molecule has 1 aliphatic carbocycles. The molecule has 16 heavy (non-hydrogen) atoms. The van der Waals surface area contributed by atoms with Crippen LogP contribution in [0.15, 0.2) is 0 Å². The van der Waals surface area contributed by atoms with Crippen molar-refractivity contribution in [2.75, 3.05) is 0 Å². The van der Waals surface area contributed by atoms with Gasteiger partial charge >= 0.3 is 0 Å². The largest absolute Gasteiger partial charge is 0.271 e. The molecule has 4 nitrogen and oxygen atoms in total. The molecule has 90 valence electrons. The summed E-state index contributed by atoms with van der Waals surface area (Å²) < 4.78 is 4.09. The van der Waals surface area contributed by atoms with E-state index in [1.165, 1.54) is 35.7 Å². The number of rotatable bonds is 3. The minimum absolute atomic E-state index is 0.0428. The molecule has 1 atom stereocenters. The lowest BCUT2D eigenvalue weighted by atomic mass is 9.77. The Bertz CT molecular complexity index is 351. The summed E-state index contributed by atoms with van der Waals surface area (Å²) in [5, 5.41) is 4.27. The fraction of sp³-hybridized carbons (Fsp3) is 0.818. The van der Waals surface area contributed by atoms with Gasteiger partial charge in [0.25, 0.3) is 0 Å². The SMILES string of the molecule is CC(C)(C)c1nnsc1C(NN)C1CCC1. The van der Waals surface area contributed by atoms with Gasteiger partial charge in [0.05, 0.1) is 16.6 Å². The number of nitrogens with two attached hydrogens (primary N) is 1. The molecule has 3 N–H and O–H groups in total. The van der Waals surface area contributed by atoms with Gasteiger partial charge in [-0.2, -0.15) is 0 Å². The zero-order valence-electron chi connectivity index (χ0n) is 10.2. The standard InChI is InChI=1S/C11H20N4S/c1-11(2,3)10-9(16-15-14-10)8(13-12)7-5-4-6-7/h7-8,13H,4-6,12H2,1-3H3. The summed E-state index contributed by atoms with van der Waals surface area (Å²) in [6.07, 6.45) is 3.84. The van der Waals surface area contributed by atoms with E-state index in [4.69, 9.17) is 5.84 Å². The Morgan fingerprint density at radius 1 is 1.44 bits per heavy atom. The molecule has 1 aromatic rings. The Labute approximate surface area is 101 Å². The van der Waals surface area contributed by atoms with Crippen molar-refractivity contribution in [1.82, 2.24) is 15.0 Å². The third-order valence-corrected chi connectivity index (χ3v) is 4.11. The molecule has 1 unspecified atom stereocenters. The van der Waals surface area contributed by atoms with Crippen LogP contribution in [0.25, 0.3) is 0 Å². The second-order valence-corrected chi connectivity index (χ2v) is 6.36. The number of nitrogens with zero attached hydrogens (tertiary/aromatic N) is 2. The van der Waals surface area contributed by atoms with Gasteiger partial charge in [0.15, 0.2) is 0 Å². The number of aromatic nitrogens is 2. The van der Waals surface area contributed by atoms with Crippen molar-refractivity contribution < 1.29 is 0 Å². The summed E-state index contributed by atoms with van der Waals surface area (Å²) in [4.78, 5) is 1.22. The first-order valence-corrected chi connectivity index (χ1v) is 6.60. The molecule has 1 heterocycles. The summed E-state index contributed by atoms with van der Waals surface area (Å²) >= 11 is 1.48. The second-order valence-electron chi connectivity index (χ2n) is 5.57. The maximum atomic E-state index is 5.69. The predicted molar refractivity (Wildman–Crippen MR) is 66.0 cm³/mol. The molecule has 0 radical (unpaired) electrons. The molecule has 0 aliphatic heterocycles. The summed E-state index contributed by atoms with van der Waals surface area (Å²) in [6.45, 7) is 6.50. The second kappa shape index (κ2) is 4.39. The van der Waals surface area contributed by atoms with Crippen LogP contribution in [0.5, 0.6) is 0 Å². The molecule has 0 amide bonds. The van der Waals surface area contributed by atoms with Crippen LogP contribution in [0, 0.1) is 5.92 Å². The lowest BCUT2D eigenvalue weighted by molar-refractivity contribution is 0.232. The fourth-order valence-corrected chi connectivity index (χ4v) is 3.14. The molecule has 1 saturated carbocycles. The first kappa shape index (κ1) is 12.0. The summed E-state index contributed by atoms with van der Waals surface area (Å²) in [7, 11) is 0. The van der Waals surface area contributed by atoms with Crippen molar-refractivity contribution >= 4 is 11.5 Å². The molecule has 0 aromatic carbocycles. The van der Waals surface area contributed by atoms with E-state index in [1.54, 1.807) is 0 Å². The van der Waals surface area contributed by atoms with Gasteiger partial charge in [-0.25, -0.2) is 0 Å². The van der Waals surface area contributed by atoms with Crippen LogP contribution in [0.3, 0.4) is 0 Å². The third kappa shape index (κ3) is 2.12. The number of hydrogen-bond donors (Lipinski definition) is 2. The monoisotopic (exact) mass is 240 g/mol. The van der Waals surface area contributed by atoms with Gasteiger partial charge < -0.3 is 0 Å². The fourth-order valence-electron chi connectivity index (χ4n) is 2.12. The number of nitrogens with one attached hydrogen (secondary N) is 1. The van der Waals surface area contributed by atoms with E-state index in [2.05, 4.69) is 35.8 Å². The van der Waals surface area contributed by atoms with E-state index < -0.39 is 0 Å². The van der Waals surface area contributed by atoms with Gasteiger partial charge in [0, 0.05) is 5.41 Å². The molecular formula is C11H20N4S. The Kier molecular flexibility index (Phi) is 3.28. The summed E-state index contributed by atoms with van der Waals surface area (Å²) in [5.41, 5.74) is 4.08. The van der Waals surface area contributed by atoms with Crippen molar-refractivity contribution in [1.29, 1.82) is 0 Å². The zero-order chi connectivity index (χ0) is 11.8. The normalized spacial score (nSPS) is 19.5. The average Bonchev–Trinajstić information content (AvgIpc) is 2.57. The van der Waals surface area contributed by atoms with Gasteiger partial charge in [-0.3, -0.25) is 11.3 Å². The Morgan fingerprint density at radius 3 is 2.56 bits per heavy atom. The maximum absolute atomic E-state index is 5.69. The Hall–Kier alpha value is -0.520. The quantitative estimate of drug-likeness (QED) is 0.627. The lowest BCUT2D eigenvalue weighted by Crippen LogP contribution is -2.37. The Morgan fingerprint density at radius 2 is 2.12 bits per heavy atom. The number of hydrazine groups is 1. The third-order valence-electron chi connectivity index (χ3n) is 3.31. The maximum Gasteiger partial charge on any atom is 0.0857 e. The van der Waals surface area contributed by atoms with Gasteiger partial charge in [-0.1, -0.05) is 31.7 Å². The molecular weight excluding hydrogens is 220 g/mol. The first-order chi connectivity index (χ1) is 7.54. The van der Waals surface area contributed by atoms with Gasteiger partial charge in [0.1, 0.15) is 0 Å². The van der Waals surface area contributed by atoms with E-state index in [-0.39, 0.29) is 11.5 Å². The van der Waals surface area contributed by atoms with E-state index in [1.807, 2.05) is 0 Å². The molecule has 0 saturated heterocycles. The molecule has 1 aliphatic rings. The van der Waals surface area contributed by atoms with E-state index >= 15 is 0 Å². The van der Waals surface area contributed by atoms with Crippen LogP contribution >= 0.6 is 11.5 Å². The van der Waals surface area contributed by atoms with Crippen LogP contribution in [-0.2, 0) is 5.41 Å². The minimum Gasteiger partial charge on any atom is -0.271 e. The molecule has 5 heteroatoms. The van der Waals surface area contributed by atoms with Crippen molar-refractivity contribution in [3.8, 4) is 0 Å². The average molecular weight is 240 g/mol. The first-order valence-electron chi connectivity index (χ1n) is 5.83. The predicted octanol–water partition coefficient (Wildman–Crippen LogP) is 2.14. The Balaban J connectivity index is 2.27. The smallest absolute Gasteiger partial charge is 0.0857 e. The highest BCUT2D eigenvalue weighted by Gasteiger charge is 2.33. The van der Waals surface area contributed by atoms with Crippen molar-refractivity contribution in [3.63, 3.8) is 0 Å². The van der Waals surface area contributed by atoms with E-state index in [9.17, 15) is 0 Å². The van der Waals surface area contributed by atoms with Gasteiger partial charge in [-0.05, 0) is 30.3 Å². The molecule has 0 bridgehead atoms.